The molecule has 0 saturated carbocycles. The van der Waals surface area contributed by atoms with Crippen molar-refractivity contribution in [2.45, 2.75) is 19.8 Å². The molecule has 0 aromatic rings. The molecule has 0 spiro atoms. The van der Waals surface area contributed by atoms with Crippen molar-refractivity contribution >= 4 is 5.97 Å². The Morgan fingerprint density at radius 1 is 1.44 bits per heavy atom. The molecule has 0 amide bonds. The van der Waals surface area contributed by atoms with E-state index in [1.807, 2.05) is 6.92 Å². The average Bonchev–Trinajstić information content (AvgIpc) is 1.35. The fourth-order valence-electron chi connectivity index (χ4n) is 0.214. The molecule has 0 fully saturated rings. The number of hydrogen-bond donors (Lipinski definition) is 1. The van der Waals surface area contributed by atoms with E-state index in [0.717, 1.165) is 6.42 Å². The van der Waals surface area contributed by atoms with Crippen molar-refractivity contribution in [3.05, 3.63) is 0 Å². The minimum atomic E-state index is -0.711. The molecule has 0 radical (unpaired) electrons. The van der Waals surface area contributed by atoms with Crippen molar-refractivity contribution in [2.24, 2.45) is 0 Å². The van der Waals surface area contributed by atoms with Crippen molar-refractivity contribution < 1.29 is 42.6 Å². The van der Waals surface area contributed by atoms with Crippen LogP contribution in [0, 0.1) is 0 Å². The van der Waals surface area contributed by atoms with Crippen LogP contribution in [0.25, 0.3) is 0 Å². The molecule has 0 aliphatic heterocycles. The monoisotopic (exact) mass is 168 g/mol. The van der Waals surface area contributed by atoms with E-state index in [2.05, 4.69) is 0 Å². The summed E-state index contributed by atoms with van der Waals surface area (Å²) < 4.78 is 0. The van der Waals surface area contributed by atoms with Crippen LogP contribution in [-0.4, -0.2) is 11.1 Å². The maximum absolute atomic E-state index is 9.60. The SMILES string of the molecule is CCCC(=O)O.[O-2].[O-2].[Ti+4]. The van der Waals surface area contributed by atoms with Crippen LogP contribution in [0.1, 0.15) is 19.8 Å². The summed E-state index contributed by atoms with van der Waals surface area (Å²) in [5, 5.41) is 7.91. The Balaban J connectivity index is -0.0000000417. The van der Waals surface area contributed by atoms with Gasteiger partial charge in [0.15, 0.2) is 0 Å². The molecule has 0 saturated heterocycles. The van der Waals surface area contributed by atoms with Gasteiger partial charge in [0.1, 0.15) is 0 Å². The Kier molecular flexibility index (Phi) is 40.0. The van der Waals surface area contributed by atoms with Gasteiger partial charge in [-0.2, -0.15) is 0 Å². The molecule has 0 aromatic carbocycles. The molecule has 0 aliphatic rings. The van der Waals surface area contributed by atoms with E-state index < -0.39 is 5.97 Å². The second-order valence-corrected chi connectivity index (χ2v) is 1.14. The number of carbonyl (C=O) groups is 1. The summed E-state index contributed by atoms with van der Waals surface area (Å²) in [6.07, 6.45) is 1.02. The van der Waals surface area contributed by atoms with Gasteiger partial charge in [0.25, 0.3) is 0 Å². The molecule has 52 valence electrons. The molecule has 0 bridgehead atoms. The Hall–Kier alpha value is 0.104. The van der Waals surface area contributed by atoms with Crippen molar-refractivity contribution in [3.8, 4) is 0 Å². The predicted molar refractivity (Wildman–Crippen MR) is 23.9 cm³/mol. The Bertz CT molecular complexity index is 56.5. The molecular weight excluding hydrogens is 160 g/mol. The molecule has 0 heterocycles. The summed E-state index contributed by atoms with van der Waals surface area (Å²) in [5.74, 6) is -0.711. The largest absolute Gasteiger partial charge is 4.00 e. The van der Waals surface area contributed by atoms with E-state index in [1.54, 1.807) is 0 Å². The van der Waals surface area contributed by atoms with Gasteiger partial charge >= 0.3 is 27.7 Å². The Morgan fingerprint density at radius 2 is 1.78 bits per heavy atom. The number of aliphatic carboxylic acids is 1. The standard InChI is InChI=1S/C4H8O2.2O.Ti/c1-2-3-4(5)6;;;/h2-3H2,1H3,(H,5,6);;;/q;2*-2;+4. The summed E-state index contributed by atoms with van der Waals surface area (Å²) in [4.78, 5) is 9.60. The number of carboxylic acid groups (broad SMARTS) is 1. The van der Waals surface area contributed by atoms with Crippen LogP contribution in [0.15, 0.2) is 0 Å². The van der Waals surface area contributed by atoms with E-state index in [9.17, 15) is 4.79 Å². The number of hydrogen-bond acceptors (Lipinski definition) is 1. The minimum Gasteiger partial charge on any atom is -2.00 e. The molecule has 0 aliphatic carbocycles. The van der Waals surface area contributed by atoms with Crippen LogP contribution in [0.3, 0.4) is 0 Å². The van der Waals surface area contributed by atoms with Crippen molar-refractivity contribution in [3.63, 3.8) is 0 Å². The van der Waals surface area contributed by atoms with E-state index in [1.165, 1.54) is 0 Å². The molecule has 0 unspecified atom stereocenters. The molecule has 1 N–H and O–H groups in total. The zero-order valence-corrected chi connectivity index (χ0v) is 6.65. The van der Waals surface area contributed by atoms with Crippen LogP contribution < -0.4 is 0 Å². The third-order valence-electron chi connectivity index (χ3n) is 0.464. The normalized spacial score (nSPS) is 5.44. The average molecular weight is 168 g/mol. The summed E-state index contributed by atoms with van der Waals surface area (Å²) in [6, 6.07) is 0. The predicted octanol–water partition coefficient (Wildman–Crippen LogP) is 0.631. The Labute approximate surface area is 68.8 Å². The van der Waals surface area contributed by atoms with Crippen molar-refractivity contribution in [2.75, 3.05) is 0 Å². The number of carboxylic acids is 1. The maximum Gasteiger partial charge on any atom is 4.00 e. The zero-order valence-electron chi connectivity index (χ0n) is 5.09. The van der Waals surface area contributed by atoms with Gasteiger partial charge in [-0.3, -0.25) is 4.79 Å². The first-order chi connectivity index (χ1) is 2.77. The van der Waals surface area contributed by atoms with Gasteiger partial charge in [0, 0.05) is 6.42 Å². The second-order valence-electron chi connectivity index (χ2n) is 1.14. The first-order valence-corrected chi connectivity index (χ1v) is 1.99. The van der Waals surface area contributed by atoms with Gasteiger partial charge in [-0.05, 0) is 6.42 Å². The fourth-order valence-corrected chi connectivity index (χ4v) is 0.214. The van der Waals surface area contributed by atoms with E-state index in [4.69, 9.17) is 5.11 Å². The van der Waals surface area contributed by atoms with Gasteiger partial charge in [0.05, 0.1) is 0 Å². The quantitative estimate of drug-likeness (QED) is 0.612. The second kappa shape index (κ2) is 15.7. The first kappa shape index (κ1) is 23.0. The summed E-state index contributed by atoms with van der Waals surface area (Å²) in [5.41, 5.74) is 0. The van der Waals surface area contributed by atoms with Gasteiger partial charge < -0.3 is 16.1 Å². The third kappa shape index (κ3) is 31.3. The summed E-state index contributed by atoms with van der Waals surface area (Å²) >= 11 is 0. The molecule has 0 rings (SSSR count). The van der Waals surface area contributed by atoms with Crippen molar-refractivity contribution in [1.82, 2.24) is 0 Å². The molecule has 9 heavy (non-hydrogen) atoms. The Morgan fingerprint density at radius 3 is 1.78 bits per heavy atom. The van der Waals surface area contributed by atoms with E-state index >= 15 is 0 Å². The minimum absolute atomic E-state index is 0. The van der Waals surface area contributed by atoms with Gasteiger partial charge in [-0.15, -0.1) is 0 Å². The van der Waals surface area contributed by atoms with E-state index in [0.29, 0.717) is 6.42 Å². The summed E-state index contributed by atoms with van der Waals surface area (Å²) in [7, 11) is 0. The fraction of sp³-hybridized carbons (Fsp3) is 0.750. The molecular formula is C4H8O4Ti. The van der Waals surface area contributed by atoms with Crippen LogP contribution in [-0.2, 0) is 37.5 Å². The molecule has 0 aromatic heterocycles. The molecule has 5 heteroatoms. The smallest absolute Gasteiger partial charge is 2.00 e. The van der Waals surface area contributed by atoms with E-state index in [-0.39, 0.29) is 32.7 Å². The molecule has 4 nitrogen and oxygen atoms in total. The van der Waals surface area contributed by atoms with Crippen LogP contribution in [0.5, 0.6) is 0 Å². The van der Waals surface area contributed by atoms with Gasteiger partial charge in [-0.1, -0.05) is 6.92 Å². The van der Waals surface area contributed by atoms with Gasteiger partial charge in [0.2, 0.25) is 0 Å². The molecule has 0 atom stereocenters. The van der Waals surface area contributed by atoms with Crippen molar-refractivity contribution in [1.29, 1.82) is 0 Å². The number of rotatable bonds is 2. The summed E-state index contributed by atoms with van der Waals surface area (Å²) in [6.45, 7) is 1.84. The third-order valence-corrected chi connectivity index (χ3v) is 0.464. The van der Waals surface area contributed by atoms with Gasteiger partial charge in [-0.25, -0.2) is 0 Å². The van der Waals surface area contributed by atoms with Crippen LogP contribution >= 0.6 is 0 Å². The van der Waals surface area contributed by atoms with Crippen LogP contribution in [0.2, 0.25) is 0 Å². The topological polar surface area (TPSA) is 94.3 Å². The van der Waals surface area contributed by atoms with Crippen LogP contribution in [0.4, 0.5) is 0 Å². The zero-order chi connectivity index (χ0) is 4.99. The first-order valence-electron chi connectivity index (χ1n) is 1.99. The maximum atomic E-state index is 9.60.